The number of ether oxygens (including phenoxy) is 2. The quantitative estimate of drug-likeness (QED) is 0.374. The summed E-state index contributed by atoms with van der Waals surface area (Å²) in [5.41, 5.74) is -0.409. The molecule has 1 aliphatic carbocycles. The van der Waals surface area contributed by atoms with Gasteiger partial charge in [-0.25, -0.2) is 9.18 Å². The summed E-state index contributed by atoms with van der Waals surface area (Å²) in [5.74, 6) is -1.30. The van der Waals surface area contributed by atoms with E-state index in [2.05, 4.69) is 10.2 Å². The van der Waals surface area contributed by atoms with Gasteiger partial charge >= 0.3 is 6.03 Å². The molecule has 0 spiro atoms. The molecule has 0 bridgehead atoms. The SMILES string of the molecule is COc1cc(O)c([C@]2(O)[C@@H](NC(=O)N3CC(N(C)C)C3)C[C@@H](c3cccc(F)c3)[C@H]2c2ccc(Cl)cc2)c(OC)c1. The van der Waals surface area contributed by atoms with Crippen LogP contribution in [0.4, 0.5) is 9.18 Å². The molecular formula is C31H35ClFN3O5. The average Bonchev–Trinajstić information content (AvgIpc) is 3.19. The average molecular weight is 584 g/mol. The summed E-state index contributed by atoms with van der Waals surface area (Å²) in [6, 6.07) is 15.3. The highest BCUT2D eigenvalue weighted by molar-refractivity contribution is 6.30. The Bertz CT molecular complexity index is 1420. The molecule has 0 unspecified atom stereocenters. The fourth-order valence-electron chi connectivity index (χ4n) is 6.26. The second-order valence-corrected chi connectivity index (χ2v) is 11.4. The second-order valence-electron chi connectivity index (χ2n) is 11.0. The summed E-state index contributed by atoms with van der Waals surface area (Å²) in [4.78, 5) is 17.2. The Hall–Kier alpha value is -3.53. The number of carbonyl (C=O) groups is 1. The highest BCUT2D eigenvalue weighted by atomic mass is 35.5. The number of phenolic OH excluding ortho intramolecular Hbond substituents is 1. The van der Waals surface area contributed by atoms with Gasteiger partial charge in [-0.15, -0.1) is 0 Å². The number of phenols is 1. The van der Waals surface area contributed by atoms with Crippen LogP contribution in [0.2, 0.25) is 5.02 Å². The first-order valence-electron chi connectivity index (χ1n) is 13.5. The zero-order valence-corrected chi connectivity index (χ0v) is 24.2. The van der Waals surface area contributed by atoms with E-state index in [1.165, 1.54) is 32.4 Å². The van der Waals surface area contributed by atoms with Crippen molar-refractivity contribution >= 4 is 17.6 Å². The summed E-state index contributed by atoms with van der Waals surface area (Å²) in [5, 5.41) is 27.9. The molecule has 2 aliphatic rings. The van der Waals surface area contributed by atoms with Crippen LogP contribution in [-0.4, -0.2) is 79.5 Å². The minimum absolute atomic E-state index is 0.111. The Kier molecular flexibility index (Phi) is 8.05. The predicted octanol–water partition coefficient (Wildman–Crippen LogP) is 4.68. The lowest BCUT2D eigenvalue weighted by atomic mass is 9.73. The maximum atomic E-state index is 14.5. The van der Waals surface area contributed by atoms with Crippen molar-refractivity contribution in [1.29, 1.82) is 0 Å². The standard InChI is InChI=1S/C31H35ClFN3O5/c1-35(2)22-16-36(17-22)30(38)34-27-15-24(19-6-5-7-21(33)12-19)28(18-8-10-20(32)11-9-18)31(27,39)29-25(37)13-23(40-3)14-26(29)41-4/h5-14,22,24,27-28,37,39H,15-17H2,1-4H3,(H,34,38)/t24-,27-,28+,31-/m0/s1. The fraction of sp³-hybridized carbons (Fsp3) is 0.387. The molecule has 3 aromatic carbocycles. The molecule has 2 amide bonds. The molecule has 0 radical (unpaired) electrons. The maximum absolute atomic E-state index is 14.5. The van der Waals surface area contributed by atoms with Crippen LogP contribution < -0.4 is 14.8 Å². The number of benzene rings is 3. The fourth-order valence-corrected chi connectivity index (χ4v) is 6.39. The van der Waals surface area contributed by atoms with Crippen molar-refractivity contribution in [3.8, 4) is 17.2 Å². The van der Waals surface area contributed by atoms with Crippen LogP contribution in [0.15, 0.2) is 60.7 Å². The molecule has 2 fully saturated rings. The molecule has 8 nitrogen and oxygen atoms in total. The van der Waals surface area contributed by atoms with E-state index in [1.54, 1.807) is 41.3 Å². The lowest BCUT2D eigenvalue weighted by molar-refractivity contribution is -0.00645. The van der Waals surface area contributed by atoms with Crippen molar-refractivity contribution in [2.24, 2.45) is 0 Å². The minimum atomic E-state index is -1.88. The number of hydrogen-bond donors (Lipinski definition) is 3. The number of halogens is 2. The van der Waals surface area contributed by atoms with E-state index in [0.717, 1.165) is 0 Å². The minimum Gasteiger partial charge on any atom is -0.507 e. The highest BCUT2D eigenvalue weighted by Crippen LogP contribution is 2.60. The third-order valence-corrected chi connectivity index (χ3v) is 8.74. The van der Waals surface area contributed by atoms with Crippen LogP contribution in [0, 0.1) is 5.82 Å². The molecule has 3 N–H and O–H groups in total. The number of nitrogens with zero attached hydrogens (tertiary/aromatic N) is 2. The van der Waals surface area contributed by atoms with E-state index < -0.39 is 29.3 Å². The number of methoxy groups -OCH3 is 2. The van der Waals surface area contributed by atoms with Crippen molar-refractivity contribution in [3.05, 3.63) is 88.2 Å². The second kappa shape index (κ2) is 11.4. The molecule has 218 valence electrons. The number of aliphatic hydroxyl groups is 1. The molecule has 5 rings (SSSR count). The molecule has 1 heterocycles. The molecule has 10 heteroatoms. The first-order valence-corrected chi connectivity index (χ1v) is 13.8. The van der Waals surface area contributed by atoms with Gasteiger partial charge in [0.1, 0.15) is 28.7 Å². The Morgan fingerprint density at radius 2 is 1.78 bits per heavy atom. The van der Waals surface area contributed by atoms with Crippen molar-refractivity contribution in [2.75, 3.05) is 41.4 Å². The summed E-state index contributed by atoms with van der Waals surface area (Å²) in [7, 11) is 6.83. The molecule has 4 atom stereocenters. The van der Waals surface area contributed by atoms with E-state index >= 15 is 0 Å². The van der Waals surface area contributed by atoms with Crippen LogP contribution in [0.25, 0.3) is 0 Å². The third kappa shape index (κ3) is 5.29. The van der Waals surface area contributed by atoms with E-state index in [9.17, 15) is 19.4 Å². The van der Waals surface area contributed by atoms with Gasteiger partial charge in [0.2, 0.25) is 0 Å². The largest absolute Gasteiger partial charge is 0.507 e. The number of aromatic hydroxyl groups is 1. The topological polar surface area (TPSA) is 94.5 Å². The summed E-state index contributed by atoms with van der Waals surface area (Å²) in [6.07, 6.45) is 0.262. The number of amides is 2. The number of nitrogens with one attached hydrogen (secondary N) is 1. The number of likely N-dealkylation sites (N-methyl/N-ethyl adjacent to an activating group) is 1. The van der Waals surface area contributed by atoms with Gasteiger partial charge in [-0.3, -0.25) is 0 Å². The smallest absolute Gasteiger partial charge is 0.317 e. The van der Waals surface area contributed by atoms with Crippen molar-refractivity contribution < 1.29 is 28.9 Å². The predicted molar refractivity (Wildman–Crippen MR) is 154 cm³/mol. The van der Waals surface area contributed by atoms with Crippen LogP contribution >= 0.6 is 11.6 Å². The number of rotatable bonds is 7. The number of likely N-dealkylation sites (tertiary alicyclic amines) is 1. The summed E-state index contributed by atoms with van der Waals surface area (Å²) >= 11 is 6.22. The monoisotopic (exact) mass is 583 g/mol. The molecule has 1 saturated carbocycles. The molecule has 1 aliphatic heterocycles. The zero-order valence-electron chi connectivity index (χ0n) is 23.5. The van der Waals surface area contributed by atoms with Gasteiger partial charge in [0, 0.05) is 42.2 Å². The summed E-state index contributed by atoms with van der Waals surface area (Å²) in [6.45, 7) is 1.10. The lowest BCUT2D eigenvalue weighted by Crippen LogP contribution is -2.63. The molecule has 1 saturated heterocycles. The van der Waals surface area contributed by atoms with Crippen LogP contribution in [-0.2, 0) is 5.60 Å². The van der Waals surface area contributed by atoms with Gasteiger partial charge in [0.25, 0.3) is 0 Å². The Labute approximate surface area is 244 Å². The maximum Gasteiger partial charge on any atom is 0.317 e. The van der Waals surface area contributed by atoms with Gasteiger partial charge in [0.05, 0.1) is 25.8 Å². The normalized spacial score (nSPS) is 24.3. The number of carbonyl (C=O) groups excluding carboxylic acids is 1. The highest BCUT2D eigenvalue weighted by Gasteiger charge is 2.59. The van der Waals surface area contributed by atoms with Gasteiger partial charge in [0.15, 0.2) is 0 Å². The number of hydrogen-bond acceptors (Lipinski definition) is 6. The third-order valence-electron chi connectivity index (χ3n) is 8.49. The molecular weight excluding hydrogens is 549 g/mol. The molecule has 41 heavy (non-hydrogen) atoms. The van der Waals surface area contributed by atoms with Crippen molar-refractivity contribution in [3.63, 3.8) is 0 Å². The Morgan fingerprint density at radius 3 is 2.39 bits per heavy atom. The summed E-state index contributed by atoms with van der Waals surface area (Å²) < 4.78 is 25.5. The van der Waals surface area contributed by atoms with Gasteiger partial charge in [-0.1, -0.05) is 35.9 Å². The van der Waals surface area contributed by atoms with Crippen molar-refractivity contribution in [2.45, 2.75) is 35.9 Å². The zero-order chi connectivity index (χ0) is 29.5. The van der Waals surface area contributed by atoms with Gasteiger partial charge in [-0.05, 0) is 61.8 Å². The van der Waals surface area contributed by atoms with Crippen LogP contribution in [0.5, 0.6) is 17.2 Å². The van der Waals surface area contributed by atoms with Gasteiger partial charge in [-0.2, -0.15) is 0 Å². The Morgan fingerprint density at radius 1 is 1.07 bits per heavy atom. The first kappa shape index (κ1) is 29.0. The van der Waals surface area contributed by atoms with E-state index in [0.29, 0.717) is 35.0 Å². The number of urea groups is 1. The van der Waals surface area contributed by atoms with Crippen LogP contribution in [0.1, 0.15) is 34.9 Å². The van der Waals surface area contributed by atoms with Gasteiger partial charge < -0.3 is 34.8 Å². The molecule has 3 aromatic rings. The van der Waals surface area contributed by atoms with Crippen LogP contribution in [0.3, 0.4) is 0 Å². The van der Waals surface area contributed by atoms with E-state index in [4.69, 9.17) is 21.1 Å². The van der Waals surface area contributed by atoms with Crippen molar-refractivity contribution in [1.82, 2.24) is 15.1 Å². The first-order chi connectivity index (χ1) is 19.6. The Balaban J connectivity index is 1.67. The van der Waals surface area contributed by atoms with E-state index in [-0.39, 0.29) is 35.6 Å². The lowest BCUT2D eigenvalue weighted by Gasteiger charge is -2.44. The van der Waals surface area contributed by atoms with E-state index in [1.807, 2.05) is 20.2 Å². The molecule has 0 aromatic heterocycles.